The first kappa shape index (κ1) is 73.2. The van der Waals surface area contributed by atoms with E-state index in [1.807, 2.05) is 33.3 Å². The maximum atomic E-state index is 13.5. The van der Waals surface area contributed by atoms with E-state index in [0.717, 1.165) is 89.9 Å². The zero-order valence-electron chi connectivity index (χ0n) is 50.2. The van der Waals surface area contributed by atoms with Gasteiger partial charge in [-0.3, -0.25) is 18.6 Å². The summed E-state index contributed by atoms with van der Waals surface area (Å²) in [6.45, 7) is 6.85. The molecule has 2 N–H and O–H groups in total. The van der Waals surface area contributed by atoms with Gasteiger partial charge in [0.1, 0.15) is 19.3 Å². The molecule has 10 heteroatoms. The second kappa shape index (κ2) is 55.5. The molecule has 0 aromatic carbocycles. The molecule has 0 rings (SSSR count). The fraction of sp³-hybridized carbons (Fsp3) is 0.758. The number of nitrogens with one attached hydrogen (secondary N) is 1. The molecule has 0 spiro atoms. The van der Waals surface area contributed by atoms with E-state index in [4.69, 9.17) is 13.8 Å². The number of ether oxygens (including phenoxy) is 1. The summed E-state index contributed by atoms with van der Waals surface area (Å²) >= 11 is 0. The minimum absolute atomic E-state index is 0.0338. The van der Waals surface area contributed by atoms with Crippen molar-refractivity contribution >= 4 is 19.7 Å². The monoisotopic (exact) mass is 1080 g/mol. The van der Waals surface area contributed by atoms with E-state index in [-0.39, 0.29) is 31.5 Å². The van der Waals surface area contributed by atoms with E-state index in [9.17, 15) is 19.0 Å². The van der Waals surface area contributed by atoms with Gasteiger partial charge in [-0.2, -0.15) is 0 Å². The van der Waals surface area contributed by atoms with Crippen molar-refractivity contribution in [1.82, 2.24) is 5.32 Å². The number of esters is 1. The molecule has 0 radical (unpaired) electrons. The average Bonchev–Trinajstić information content (AvgIpc) is 3.38. The molecular formula is C66H120N2O7P+. The molecule has 0 aromatic heterocycles. The van der Waals surface area contributed by atoms with Crippen LogP contribution in [0.5, 0.6) is 0 Å². The predicted molar refractivity (Wildman–Crippen MR) is 328 cm³/mol. The minimum Gasteiger partial charge on any atom is -0.456 e. The van der Waals surface area contributed by atoms with E-state index in [1.165, 1.54) is 148 Å². The van der Waals surface area contributed by atoms with Gasteiger partial charge in [-0.05, 0) is 89.5 Å². The fourth-order valence-electron chi connectivity index (χ4n) is 8.77. The number of quaternary nitrogens is 1. The van der Waals surface area contributed by atoms with E-state index < -0.39 is 20.0 Å². The Morgan fingerprint density at radius 3 is 1.39 bits per heavy atom. The predicted octanol–water partition coefficient (Wildman–Crippen LogP) is 19.4. The van der Waals surface area contributed by atoms with Crippen LogP contribution in [-0.2, 0) is 27.9 Å². The number of carbonyl (C=O) groups excluding carboxylic acids is 2. The Labute approximate surface area is 469 Å². The molecular weight excluding hydrogens is 964 g/mol. The number of phosphoric ester groups is 1. The molecule has 0 aliphatic carbocycles. The number of nitrogens with zero attached hydrogens (tertiary/aromatic N) is 1. The highest BCUT2D eigenvalue weighted by molar-refractivity contribution is 7.47. The molecule has 0 bridgehead atoms. The zero-order chi connectivity index (χ0) is 55.7. The lowest BCUT2D eigenvalue weighted by atomic mass is 10.0. The van der Waals surface area contributed by atoms with Gasteiger partial charge in [-0.25, -0.2) is 4.57 Å². The molecule has 0 aromatic rings. The molecule has 1 amide bonds. The van der Waals surface area contributed by atoms with Crippen LogP contribution in [0.15, 0.2) is 85.1 Å². The van der Waals surface area contributed by atoms with Crippen molar-refractivity contribution < 1.29 is 37.3 Å². The van der Waals surface area contributed by atoms with Gasteiger partial charge in [-0.1, -0.05) is 254 Å². The van der Waals surface area contributed by atoms with Crippen molar-refractivity contribution in [2.75, 3.05) is 40.9 Å². The van der Waals surface area contributed by atoms with Gasteiger partial charge < -0.3 is 19.4 Å². The average molecular weight is 1080 g/mol. The second-order valence-electron chi connectivity index (χ2n) is 22.3. The summed E-state index contributed by atoms with van der Waals surface area (Å²) in [6, 6.07) is -0.860. The van der Waals surface area contributed by atoms with Crippen LogP contribution in [0.3, 0.4) is 0 Å². The lowest BCUT2D eigenvalue weighted by Crippen LogP contribution is -2.47. The minimum atomic E-state index is -4.46. The zero-order valence-corrected chi connectivity index (χ0v) is 51.1. The third kappa shape index (κ3) is 55.9. The van der Waals surface area contributed by atoms with Crippen molar-refractivity contribution in [1.29, 1.82) is 0 Å². The lowest BCUT2D eigenvalue weighted by molar-refractivity contribution is -0.870. The van der Waals surface area contributed by atoms with E-state index in [2.05, 4.69) is 99.0 Å². The van der Waals surface area contributed by atoms with Gasteiger partial charge in [0.25, 0.3) is 0 Å². The molecule has 0 fully saturated rings. The molecule has 0 aliphatic heterocycles. The Balaban J connectivity index is 5.20. The van der Waals surface area contributed by atoms with Gasteiger partial charge in [0, 0.05) is 12.8 Å². The first-order chi connectivity index (χ1) is 36.9. The summed E-state index contributed by atoms with van der Waals surface area (Å²) in [6.07, 6.45) is 72.9. The number of hydrogen-bond acceptors (Lipinski definition) is 6. The molecule has 9 nitrogen and oxygen atoms in total. The molecule has 0 aliphatic rings. The standard InChI is InChI=1S/C66H119N2O7P/c1-7-10-13-16-19-22-25-28-30-31-32-33-34-35-36-37-39-41-44-47-50-53-56-59-66(70)75-64(57-54-51-48-45-42-27-24-21-18-15-12-9-3)63(62-74-76(71,72)73-61-60-68(4,5)6)67-65(69)58-55-52-49-46-43-40-38-29-26-23-20-17-14-11-8-2/h11,14,17,19-20,22-23,26,28,30,32-33,54,57,63-64H,7-10,12-13,15-16,18,21,24-25,27,29,31,34-53,55-56,58-62H2,1-6H3,(H-,67,69,71,72)/p+1/b14-11+,20-17+,22-19-,26-23+,30-28-,33-32-,57-54-. The molecule has 0 saturated heterocycles. The number of allylic oxidation sites excluding steroid dienone is 13. The normalized spacial score (nSPS) is 14.2. The van der Waals surface area contributed by atoms with E-state index in [1.54, 1.807) is 0 Å². The van der Waals surface area contributed by atoms with Crippen molar-refractivity contribution in [2.24, 2.45) is 0 Å². The Bertz CT molecular complexity index is 1580. The van der Waals surface area contributed by atoms with Gasteiger partial charge in [0.2, 0.25) is 5.91 Å². The molecule has 76 heavy (non-hydrogen) atoms. The fourth-order valence-corrected chi connectivity index (χ4v) is 9.51. The largest absolute Gasteiger partial charge is 0.472 e. The summed E-state index contributed by atoms with van der Waals surface area (Å²) in [4.78, 5) is 37.7. The summed E-state index contributed by atoms with van der Waals surface area (Å²) < 4.78 is 30.7. The number of unbranched alkanes of at least 4 members (excludes halogenated alkanes) is 30. The molecule has 3 unspecified atom stereocenters. The van der Waals surface area contributed by atoms with Gasteiger partial charge in [-0.15, -0.1) is 0 Å². The number of amides is 1. The van der Waals surface area contributed by atoms with Crippen molar-refractivity contribution in [3.63, 3.8) is 0 Å². The first-order valence-corrected chi connectivity index (χ1v) is 32.9. The molecule has 0 heterocycles. The van der Waals surface area contributed by atoms with Crippen molar-refractivity contribution in [3.8, 4) is 0 Å². The highest BCUT2D eigenvalue weighted by Crippen LogP contribution is 2.43. The third-order valence-electron chi connectivity index (χ3n) is 13.6. The highest BCUT2D eigenvalue weighted by atomic mass is 31.2. The first-order valence-electron chi connectivity index (χ1n) is 31.4. The van der Waals surface area contributed by atoms with Crippen LogP contribution in [0.2, 0.25) is 0 Å². The number of hydrogen-bond donors (Lipinski definition) is 2. The van der Waals surface area contributed by atoms with Gasteiger partial charge >= 0.3 is 13.8 Å². The summed E-state index contributed by atoms with van der Waals surface area (Å²) in [5.41, 5.74) is 0. The van der Waals surface area contributed by atoms with Gasteiger partial charge in [0.05, 0.1) is 33.8 Å². The number of phosphoric acid groups is 1. The van der Waals surface area contributed by atoms with Crippen LogP contribution >= 0.6 is 7.82 Å². The Hall–Kier alpha value is -2.81. The van der Waals surface area contributed by atoms with Crippen LogP contribution in [0, 0.1) is 0 Å². The molecule has 0 saturated carbocycles. The summed E-state index contributed by atoms with van der Waals surface area (Å²) in [5.74, 6) is -0.523. The SMILES string of the molecule is CC/C=C/C=C/C=C/CCCCCCCCCC(=O)NC(COP(=O)(O)OCC[N+](C)(C)C)C(/C=C\CCCCCCCCCCCC)OC(=O)CCCCCCCCCCCC/C=C\C/C=C\C/C=C\CCCCC. The maximum absolute atomic E-state index is 13.5. The number of rotatable bonds is 56. The third-order valence-corrected chi connectivity index (χ3v) is 14.6. The Morgan fingerprint density at radius 2 is 0.895 bits per heavy atom. The number of likely N-dealkylation sites (N-methyl/N-ethyl adjacent to an activating group) is 1. The van der Waals surface area contributed by atoms with E-state index in [0.29, 0.717) is 17.4 Å². The van der Waals surface area contributed by atoms with Crippen LogP contribution in [0.25, 0.3) is 0 Å². The van der Waals surface area contributed by atoms with Crippen molar-refractivity contribution in [2.45, 2.75) is 283 Å². The second-order valence-corrected chi connectivity index (χ2v) is 23.7. The Kier molecular flexibility index (Phi) is 53.5. The van der Waals surface area contributed by atoms with Crippen LogP contribution in [0.4, 0.5) is 0 Å². The van der Waals surface area contributed by atoms with E-state index >= 15 is 0 Å². The number of carbonyl (C=O) groups is 2. The maximum Gasteiger partial charge on any atom is 0.472 e. The molecule has 440 valence electrons. The Morgan fingerprint density at radius 1 is 0.487 bits per heavy atom. The summed E-state index contributed by atoms with van der Waals surface area (Å²) in [5, 5.41) is 3.05. The van der Waals surface area contributed by atoms with Crippen molar-refractivity contribution in [3.05, 3.63) is 85.1 Å². The topological polar surface area (TPSA) is 111 Å². The highest BCUT2D eigenvalue weighted by Gasteiger charge is 2.30. The van der Waals surface area contributed by atoms with Crippen LogP contribution in [-0.4, -0.2) is 74.3 Å². The molecule has 3 atom stereocenters. The lowest BCUT2D eigenvalue weighted by Gasteiger charge is -2.27. The van der Waals surface area contributed by atoms with Gasteiger partial charge in [0.15, 0.2) is 0 Å². The quantitative estimate of drug-likeness (QED) is 0.0156. The van der Waals surface area contributed by atoms with Crippen LogP contribution in [0.1, 0.15) is 271 Å². The summed E-state index contributed by atoms with van der Waals surface area (Å²) in [7, 11) is 1.48. The smallest absolute Gasteiger partial charge is 0.456 e. The van der Waals surface area contributed by atoms with Crippen LogP contribution < -0.4 is 5.32 Å².